The number of hydrogen-bond donors (Lipinski definition) is 0. The molecular weight excluding hydrogens is 735 g/mol. The molecule has 2 heterocycles. The van der Waals surface area contributed by atoms with Crippen molar-refractivity contribution in [3.8, 4) is 33.4 Å². The number of hydrogen-bond acceptors (Lipinski definition) is 3. The van der Waals surface area contributed by atoms with Gasteiger partial charge in [0.05, 0.1) is 5.69 Å². The van der Waals surface area contributed by atoms with Gasteiger partial charge in [-0.25, -0.2) is 0 Å². The molecule has 0 aliphatic heterocycles. The molecule has 3 heteroatoms. The Bertz CT molecular complexity index is 3180. The fourth-order valence-corrected chi connectivity index (χ4v) is 10.7. The number of para-hydroxylation sites is 1. The molecule has 11 rings (SSSR count). The molecule has 0 radical (unpaired) electrons. The molecule has 0 saturated carbocycles. The summed E-state index contributed by atoms with van der Waals surface area (Å²) in [6, 6.07) is 64.4. The van der Waals surface area contributed by atoms with Gasteiger partial charge in [0.15, 0.2) is 0 Å². The number of furan rings is 1. The van der Waals surface area contributed by atoms with E-state index < -0.39 is 0 Å². The van der Waals surface area contributed by atoms with E-state index in [1.165, 1.54) is 77.6 Å². The van der Waals surface area contributed by atoms with Gasteiger partial charge in [0.2, 0.25) is 0 Å². The lowest BCUT2D eigenvalue weighted by molar-refractivity contribution is 0.332. The summed E-state index contributed by atoms with van der Waals surface area (Å²) in [5, 5.41) is 4.96. The largest absolute Gasteiger partial charge is 0.456 e. The standard InChI is InChI=1S/C56H45NOS/c1-55(2)32-33-56(3,4)47-35-52-45(34-46(47)55)54-48(16-11-19-51(54)59-52)57(41-28-24-39(25-29-41)38-22-20-37(21-23-38)36-12-6-5-7-13-36)42-30-26-40(27-31-42)43-15-10-18-50-53(43)44-14-8-9-17-49(44)58-50/h5-31,34-35H,32-33H2,1-4H3. The maximum atomic E-state index is 6.28. The average molecular weight is 780 g/mol. The molecule has 0 N–H and O–H groups in total. The third-order valence-electron chi connectivity index (χ3n) is 13.0. The van der Waals surface area contributed by atoms with Crippen LogP contribution in [0.5, 0.6) is 0 Å². The molecule has 0 amide bonds. The Morgan fingerprint density at radius 1 is 0.441 bits per heavy atom. The van der Waals surface area contributed by atoms with E-state index in [9.17, 15) is 0 Å². The number of anilines is 3. The highest BCUT2D eigenvalue weighted by Gasteiger charge is 2.37. The Morgan fingerprint density at radius 2 is 0.983 bits per heavy atom. The number of nitrogens with zero attached hydrogens (tertiary/aromatic N) is 1. The first kappa shape index (κ1) is 35.7. The van der Waals surface area contributed by atoms with Crippen LogP contribution in [0, 0.1) is 0 Å². The van der Waals surface area contributed by atoms with E-state index in [0.717, 1.165) is 38.9 Å². The lowest BCUT2D eigenvalue weighted by atomic mass is 9.63. The SMILES string of the molecule is CC1(C)CCC(C)(C)c2cc3c(cc21)sc1cccc(N(c2ccc(-c4ccc(-c5ccccc5)cc4)cc2)c2ccc(-c4cccc5oc6ccccc6c45)cc2)c13. The quantitative estimate of drug-likeness (QED) is 0.167. The fraction of sp³-hybridized carbons (Fsp3) is 0.143. The van der Waals surface area contributed by atoms with Crippen molar-refractivity contribution in [2.45, 2.75) is 51.4 Å². The zero-order valence-electron chi connectivity index (χ0n) is 33.9. The number of thiophene rings is 1. The highest BCUT2D eigenvalue weighted by molar-refractivity contribution is 7.26. The van der Waals surface area contributed by atoms with E-state index >= 15 is 0 Å². The fourth-order valence-electron chi connectivity index (χ4n) is 9.58. The van der Waals surface area contributed by atoms with E-state index in [4.69, 9.17) is 4.42 Å². The number of benzene rings is 8. The van der Waals surface area contributed by atoms with Gasteiger partial charge in [0.25, 0.3) is 0 Å². The highest BCUT2D eigenvalue weighted by atomic mass is 32.1. The lowest BCUT2D eigenvalue weighted by Gasteiger charge is -2.42. The molecule has 2 aromatic heterocycles. The topological polar surface area (TPSA) is 16.4 Å². The Balaban J connectivity index is 1.06. The van der Waals surface area contributed by atoms with Crippen LogP contribution in [0.25, 0.3) is 75.5 Å². The van der Waals surface area contributed by atoms with Crippen molar-refractivity contribution >= 4 is 70.5 Å². The first-order valence-corrected chi connectivity index (χ1v) is 21.6. The van der Waals surface area contributed by atoms with E-state index in [-0.39, 0.29) is 10.8 Å². The molecule has 286 valence electrons. The first-order chi connectivity index (χ1) is 28.7. The Morgan fingerprint density at radius 3 is 1.66 bits per heavy atom. The van der Waals surface area contributed by atoms with Gasteiger partial charge in [-0.05, 0) is 129 Å². The second-order valence-corrected chi connectivity index (χ2v) is 18.6. The summed E-state index contributed by atoms with van der Waals surface area (Å²) in [7, 11) is 0. The molecule has 8 aromatic carbocycles. The van der Waals surface area contributed by atoms with Gasteiger partial charge in [-0.15, -0.1) is 11.3 Å². The molecule has 1 aliphatic rings. The maximum absolute atomic E-state index is 6.28. The Kier molecular flexibility index (Phi) is 8.22. The molecule has 0 fully saturated rings. The normalized spacial score (nSPS) is 14.6. The van der Waals surface area contributed by atoms with Crippen LogP contribution in [0.4, 0.5) is 17.1 Å². The smallest absolute Gasteiger partial charge is 0.136 e. The first-order valence-electron chi connectivity index (χ1n) is 20.8. The zero-order valence-corrected chi connectivity index (χ0v) is 34.7. The van der Waals surface area contributed by atoms with Crippen molar-refractivity contribution in [1.29, 1.82) is 0 Å². The summed E-state index contributed by atoms with van der Waals surface area (Å²) in [5.74, 6) is 0. The van der Waals surface area contributed by atoms with Crippen molar-refractivity contribution < 1.29 is 4.42 Å². The summed E-state index contributed by atoms with van der Waals surface area (Å²) in [6.45, 7) is 9.71. The minimum absolute atomic E-state index is 0.121. The van der Waals surface area contributed by atoms with E-state index in [0.29, 0.717) is 0 Å². The van der Waals surface area contributed by atoms with Crippen molar-refractivity contribution in [2.75, 3.05) is 4.90 Å². The third-order valence-corrected chi connectivity index (χ3v) is 14.1. The molecule has 1 aliphatic carbocycles. The minimum atomic E-state index is 0.121. The predicted molar refractivity (Wildman–Crippen MR) is 253 cm³/mol. The van der Waals surface area contributed by atoms with Gasteiger partial charge < -0.3 is 9.32 Å². The van der Waals surface area contributed by atoms with Crippen molar-refractivity contribution in [3.63, 3.8) is 0 Å². The van der Waals surface area contributed by atoms with Gasteiger partial charge in [-0.2, -0.15) is 0 Å². The minimum Gasteiger partial charge on any atom is -0.456 e. The molecule has 0 atom stereocenters. The molecule has 0 spiro atoms. The Labute approximate surface area is 350 Å². The van der Waals surface area contributed by atoms with Gasteiger partial charge in [-0.1, -0.05) is 143 Å². The monoisotopic (exact) mass is 779 g/mol. The van der Waals surface area contributed by atoms with E-state index in [1.807, 2.05) is 17.4 Å². The van der Waals surface area contributed by atoms with Crippen LogP contribution in [-0.4, -0.2) is 0 Å². The molecule has 59 heavy (non-hydrogen) atoms. The second-order valence-electron chi connectivity index (χ2n) is 17.6. The van der Waals surface area contributed by atoms with E-state index in [2.05, 4.69) is 202 Å². The second kappa shape index (κ2) is 13.6. The Hall–Kier alpha value is -6.42. The van der Waals surface area contributed by atoms with Crippen LogP contribution in [0.1, 0.15) is 51.7 Å². The molecule has 2 nitrogen and oxygen atoms in total. The molecular formula is C56H45NOS. The van der Waals surface area contributed by atoms with Gasteiger partial charge in [-0.3, -0.25) is 0 Å². The van der Waals surface area contributed by atoms with Crippen LogP contribution >= 0.6 is 11.3 Å². The molecule has 0 bridgehead atoms. The maximum Gasteiger partial charge on any atom is 0.136 e. The predicted octanol–water partition coefficient (Wildman–Crippen LogP) is 16.8. The van der Waals surface area contributed by atoms with Crippen LogP contribution in [0.15, 0.2) is 180 Å². The van der Waals surface area contributed by atoms with Crippen LogP contribution in [-0.2, 0) is 10.8 Å². The number of fused-ring (bicyclic) bond motifs is 7. The average Bonchev–Trinajstić information content (AvgIpc) is 3.85. The van der Waals surface area contributed by atoms with Crippen molar-refractivity contribution in [2.24, 2.45) is 0 Å². The molecule has 10 aromatic rings. The van der Waals surface area contributed by atoms with E-state index in [1.54, 1.807) is 0 Å². The number of rotatable bonds is 6. The zero-order chi connectivity index (χ0) is 39.9. The molecule has 0 saturated heterocycles. The van der Waals surface area contributed by atoms with Gasteiger partial charge in [0, 0.05) is 42.3 Å². The summed E-state index contributed by atoms with van der Waals surface area (Å²) >= 11 is 1.92. The summed E-state index contributed by atoms with van der Waals surface area (Å²) < 4.78 is 8.95. The molecule has 0 unspecified atom stereocenters. The van der Waals surface area contributed by atoms with Crippen LogP contribution in [0.3, 0.4) is 0 Å². The summed E-state index contributed by atoms with van der Waals surface area (Å²) in [5.41, 5.74) is 15.7. The summed E-state index contributed by atoms with van der Waals surface area (Å²) in [6.07, 6.45) is 2.40. The van der Waals surface area contributed by atoms with Gasteiger partial charge >= 0.3 is 0 Å². The van der Waals surface area contributed by atoms with Gasteiger partial charge in [0.1, 0.15) is 11.2 Å². The van der Waals surface area contributed by atoms with Crippen molar-refractivity contribution in [1.82, 2.24) is 0 Å². The highest BCUT2D eigenvalue weighted by Crippen LogP contribution is 2.51. The van der Waals surface area contributed by atoms with Crippen LogP contribution in [0.2, 0.25) is 0 Å². The van der Waals surface area contributed by atoms with Crippen molar-refractivity contribution in [3.05, 3.63) is 187 Å². The van der Waals surface area contributed by atoms with Crippen LogP contribution < -0.4 is 4.90 Å². The lowest BCUT2D eigenvalue weighted by Crippen LogP contribution is -2.33. The summed E-state index contributed by atoms with van der Waals surface area (Å²) in [4.78, 5) is 2.46. The third kappa shape index (κ3) is 5.98.